The van der Waals surface area contributed by atoms with Crippen LogP contribution in [0.2, 0.25) is 0 Å². The molecule has 3 N–H and O–H groups in total. The van der Waals surface area contributed by atoms with Crippen molar-refractivity contribution in [3.63, 3.8) is 0 Å². The first-order chi connectivity index (χ1) is 43.9. The molecule has 19 heteroatoms. The normalized spacial score (nSPS) is 14.4. The number of phosphoric ester groups is 2. The summed E-state index contributed by atoms with van der Waals surface area (Å²) in [7, 11) is -9.90. The van der Waals surface area contributed by atoms with Crippen LogP contribution in [0.3, 0.4) is 0 Å². The monoisotopic (exact) mass is 1340 g/mol. The third-order valence-electron chi connectivity index (χ3n) is 17.1. The van der Waals surface area contributed by atoms with Gasteiger partial charge >= 0.3 is 39.5 Å². The maximum absolute atomic E-state index is 13.0. The fourth-order valence-electron chi connectivity index (χ4n) is 10.9. The van der Waals surface area contributed by atoms with Gasteiger partial charge in [0.25, 0.3) is 0 Å². The number of hydrogen-bond acceptors (Lipinski definition) is 15. The van der Waals surface area contributed by atoms with Crippen LogP contribution in [0.25, 0.3) is 0 Å². The molecular weight excluding hydrogens is 1200 g/mol. The van der Waals surface area contributed by atoms with Gasteiger partial charge in [0.1, 0.15) is 19.3 Å². The van der Waals surface area contributed by atoms with E-state index in [1.807, 2.05) is 0 Å². The van der Waals surface area contributed by atoms with Gasteiger partial charge in [-0.25, -0.2) is 9.13 Å². The third-order valence-corrected chi connectivity index (χ3v) is 19.0. The smallest absolute Gasteiger partial charge is 0.462 e. The lowest BCUT2D eigenvalue weighted by Gasteiger charge is -2.21. The quantitative estimate of drug-likeness (QED) is 0.0222. The summed E-state index contributed by atoms with van der Waals surface area (Å²) in [6, 6.07) is 0. The van der Waals surface area contributed by atoms with Crippen molar-refractivity contribution in [1.82, 2.24) is 0 Å². The Morgan fingerprint density at radius 1 is 0.319 bits per heavy atom. The number of hydrogen-bond donors (Lipinski definition) is 3. The second kappa shape index (κ2) is 64.1. The van der Waals surface area contributed by atoms with Crippen LogP contribution >= 0.6 is 15.6 Å². The minimum absolute atomic E-state index is 0.106. The van der Waals surface area contributed by atoms with Crippen LogP contribution in [0, 0.1) is 11.8 Å². The van der Waals surface area contributed by atoms with Gasteiger partial charge in [-0.1, -0.05) is 318 Å². The van der Waals surface area contributed by atoms with E-state index >= 15 is 0 Å². The Morgan fingerprint density at radius 3 is 0.835 bits per heavy atom. The first kappa shape index (κ1) is 89.1. The number of unbranched alkanes of at least 4 members (excludes halogenated alkanes) is 40. The molecule has 91 heavy (non-hydrogen) atoms. The van der Waals surface area contributed by atoms with Gasteiger partial charge < -0.3 is 33.8 Å². The van der Waals surface area contributed by atoms with Crippen molar-refractivity contribution in [3.05, 3.63) is 0 Å². The largest absolute Gasteiger partial charge is 0.472 e. The third kappa shape index (κ3) is 65.1. The number of esters is 4. The minimum atomic E-state index is -4.95. The highest BCUT2D eigenvalue weighted by Gasteiger charge is 2.30. The molecule has 0 aromatic rings. The average Bonchev–Trinajstić information content (AvgIpc) is 3.40. The van der Waals surface area contributed by atoms with E-state index in [1.165, 1.54) is 173 Å². The van der Waals surface area contributed by atoms with Gasteiger partial charge in [0, 0.05) is 25.7 Å². The number of aliphatic hydroxyl groups excluding tert-OH is 1. The fraction of sp³-hybridized carbons (Fsp3) is 0.944. The summed E-state index contributed by atoms with van der Waals surface area (Å²) in [5, 5.41) is 10.6. The second-order valence-electron chi connectivity index (χ2n) is 26.7. The Labute approximate surface area is 556 Å². The van der Waals surface area contributed by atoms with E-state index in [4.69, 9.17) is 37.0 Å². The van der Waals surface area contributed by atoms with Crippen molar-refractivity contribution >= 4 is 39.5 Å². The Kier molecular flexibility index (Phi) is 62.7. The lowest BCUT2D eigenvalue weighted by atomic mass is 9.99. The maximum Gasteiger partial charge on any atom is 0.472 e. The first-order valence-electron chi connectivity index (χ1n) is 37.5. The number of carbonyl (C=O) groups is 4. The first-order valence-corrected chi connectivity index (χ1v) is 40.5. The number of aliphatic hydroxyl groups is 1. The van der Waals surface area contributed by atoms with E-state index in [0.29, 0.717) is 25.7 Å². The van der Waals surface area contributed by atoms with E-state index in [-0.39, 0.29) is 25.7 Å². The van der Waals surface area contributed by atoms with Crippen molar-refractivity contribution in [2.75, 3.05) is 39.6 Å². The molecule has 0 saturated heterocycles. The van der Waals surface area contributed by atoms with Crippen molar-refractivity contribution < 1.29 is 80.2 Å². The van der Waals surface area contributed by atoms with Crippen molar-refractivity contribution in [2.45, 2.75) is 387 Å². The predicted octanol–water partition coefficient (Wildman–Crippen LogP) is 20.8. The average molecular weight is 1340 g/mol. The maximum atomic E-state index is 13.0. The molecule has 17 nitrogen and oxygen atoms in total. The second-order valence-corrected chi connectivity index (χ2v) is 29.6. The van der Waals surface area contributed by atoms with Crippen molar-refractivity contribution in [1.29, 1.82) is 0 Å². The molecule has 0 radical (unpaired) electrons. The molecule has 0 aromatic heterocycles. The molecule has 6 atom stereocenters. The summed E-state index contributed by atoms with van der Waals surface area (Å²) in [6.45, 7) is 9.56. The van der Waals surface area contributed by atoms with Crippen LogP contribution < -0.4 is 0 Å². The van der Waals surface area contributed by atoms with E-state index in [1.54, 1.807) is 0 Å². The highest BCUT2D eigenvalue weighted by atomic mass is 31.2. The van der Waals surface area contributed by atoms with Gasteiger partial charge in [-0.05, 0) is 37.5 Å². The van der Waals surface area contributed by atoms with E-state index in [0.717, 1.165) is 115 Å². The van der Waals surface area contributed by atoms with E-state index < -0.39 is 97.5 Å². The van der Waals surface area contributed by atoms with Crippen LogP contribution in [-0.4, -0.2) is 96.7 Å². The number of rotatable bonds is 71. The number of carbonyl (C=O) groups excluding carboxylic acids is 4. The summed E-state index contributed by atoms with van der Waals surface area (Å²) in [5.74, 6) is -0.529. The molecule has 0 amide bonds. The summed E-state index contributed by atoms with van der Waals surface area (Å²) in [4.78, 5) is 72.4. The van der Waals surface area contributed by atoms with Gasteiger partial charge in [0.15, 0.2) is 12.2 Å². The summed E-state index contributed by atoms with van der Waals surface area (Å²) < 4.78 is 68.2. The van der Waals surface area contributed by atoms with Crippen molar-refractivity contribution in [2.24, 2.45) is 11.8 Å². The van der Waals surface area contributed by atoms with Crippen LogP contribution in [0.15, 0.2) is 0 Å². The molecule has 0 heterocycles. The highest BCUT2D eigenvalue weighted by molar-refractivity contribution is 7.47. The van der Waals surface area contributed by atoms with E-state index in [9.17, 15) is 43.2 Å². The molecule has 0 aromatic carbocycles. The summed E-state index contributed by atoms with van der Waals surface area (Å²) >= 11 is 0. The molecule has 0 aliphatic rings. The zero-order chi connectivity index (χ0) is 67.2. The Bertz CT molecular complexity index is 1770. The van der Waals surface area contributed by atoms with Crippen LogP contribution in [0.5, 0.6) is 0 Å². The highest BCUT2D eigenvalue weighted by Crippen LogP contribution is 2.45. The lowest BCUT2D eigenvalue weighted by Crippen LogP contribution is -2.30. The van der Waals surface area contributed by atoms with Crippen LogP contribution in [-0.2, 0) is 65.4 Å². The number of ether oxygens (including phenoxy) is 4. The standard InChI is InChI=1S/C72H140O17P2/c1-7-10-12-14-16-17-26-30-38-44-50-56-71(76)88-67(60-82-69(74)54-48-42-34-15-13-11-8-2)62-86-90(78,79)84-58-66(73)59-85-91(80,81)87-63-68(61-83-70(75)55-49-43-37-33-32-36-41-47-53-65(6)9-3)89-72(77)57-51-45-39-31-28-25-23-21-19-18-20-22-24-27-29-35-40-46-52-64(4)5/h64-68,73H,7-63H2,1-6H3,(H,78,79)(H,80,81)/t65?,66-,67+,68+/m0/s1. The molecule has 0 rings (SSSR count). The van der Waals surface area contributed by atoms with Gasteiger partial charge in [-0.15, -0.1) is 0 Å². The molecule has 0 bridgehead atoms. The molecule has 0 fully saturated rings. The van der Waals surface area contributed by atoms with Gasteiger partial charge in [0.2, 0.25) is 0 Å². The zero-order valence-electron chi connectivity index (χ0n) is 59.1. The summed E-state index contributed by atoms with van der Waals surface area (Å²) in [5.41, 5.74) is 0. The van der Waals surface area contributed by atoms with Crippen LogP contribution in [0.1, 0.15) is 369 Å². The topological polar surface area (TPSA) is 237 Å². The molecule has 0 aliphatic heterocycles. The van der Waals surface area contributed by atoms with Crippen LogP contribution in [0.4, 0.5) is 0 Å². The lowest BCUT2D eigenvalue weighted by molar-refractivity contribution is -0.161. The Balaban J connectivity index is 5.15. The molecule has 3 unspecified atom stereocenters. The molecule has 0 saturated carbocycles. The molecular formula is C72H140O17P2. The summed E-state index contributed by atoms with van der Waals surface area (Å²) in [6.07, 6.45) is 50.1. The minimum Gasteiger partial charge on any atom is -0.462 e. The molecule has 540 valence electrons. The number of phosphoric acid groups is 2. The SMILES string of the molecule is CCCCCCCCCCCCCC(=O)O[C@H](COC(=O)CCCCCCCCC)COP(=O)(O)OC[C@H](O)COP(=O)(O)OC[C@@H](COC(=O)CCCCCCCCCCC(C)CC)OC(=O)CCCCCCCCCCCCCCCCCCCCC(C)C. The molecule has 0 spiro atoms. The fourth-order valence-corrected chi connectivity index (χ4v) is 12.5. The van der Waals surface area contributed by atoms with Gasteiger partial charge in [-0.3, -0.25) is 37.3 Å². The van der Waals surface area contributed by atoms with Gasteiger partial charge in [-0.2, -0.15) is 0 Å². The Hall–Kier alpha value is -1.94. The van der Waals surface area contributed by atoms with Crippen molar-refractivity contribution in [3.8, 4) is 0 Å². The predicted molar refractivity (Wildman–Crippen MR) is 368 cm³/mol. The van der Waals surface area contributed by atoms with Gasteiger partial charge in [0.05, 0.1) is 26.4 Å². The zero-order valence-corrected chi connectivity index (χ0v) is 60.9. The molecule has 0 aliphatic carbocycles. The Morgan fingerprint density at radius 2 is 0.560 bits per heavy atom. The van der Waals surface area contributed by atoms with E-state index in [2.05, 4.69) is 41.5 Å².